The monoisotopic (exact) mass is 409 g/mol. The Hall–Kier alpha value is -2.41. The van der Waals surface area contributed by atoms with Gasteiger partial charge in [-0.2, -0.15) is 4.98 Å². The van der Waals surface area contributed by atoms with Crippen molar-refractivity contribution in [2.45, 2.75) is 56.9 Å². The number of aryl methyl sites for hydroxylation is 2. The summed E-state index contributed by atoms with van der Waals surface area (Å²) in [6, 6.07) is 9.92. The first-order valence-corrected chi connectivity index (χ1v) is 11.3. The Morgan fingerprint density at radius 3 is 2.55 bits per heavy atom. The average molecular weight is 410 g/mol. The standard InChI is InChI=1S/C22H27N5OS/c1-16-14-17(2)27-21(23-16)24-22(25-27)29-15-18-10-6-7-11-19(18)20(28)26-12-8-4-3-5-9-13-26/h6-7,10-11,14H,3-5,8-9,12-13,15H2,1-2H3. The third-order valence-corrected chi connectivity index (χ3v) is 6.23. The smallest absolute Gasteiger partial charge is 0.254 e. The summed E-state index contributed by atoms with van der Waals surface area (Å²) in [5, 5.41) is 5.25. The zero-order chi connectivity index (χ0) is 20.2. The van der Waals surface area contributed by atoms with Gasteiger partial charge in [0, 0.05) is 35.8 Å². The van der Waals surface area contributed by atoms with Gasteiger partial charge < -0.3 is 4.90 Å². The number of carbonyl (C=O) groups excluding carboxylic acids is 1. The lowest BCUT2D eigenvalue weighted by atomic mass is 10.0. The fourth-order valence-corrected chi connectivity index (χ4v) is 4.65. The Kier molecular flexibility index (Phi) is 6.13. The molecule has 0 unspecified atom stereocenters. The molecule has 29 heavy (non-hydrogen) atoms. The molecule has 1 fully saturated rings. The topological polar surface area (TPSA) is 63.4 Å². The lowest BCUT2D eigenvalue weighted by Crippen LogP contribution is -2.34. The highest BCUT2D eigenvalue weighted by Crippen LogP contribution is 2.24. The SMILES string of the molecule is Cc1cc(C)n2nc(SCc3ccccc3C(=O)N3CCCCCCC3)nc2n1. The van der Waals surface area contributed by atoms with Crippen LogP contribution in [0, 0.1) is 13.8 Å². The summed E-state index contributed by atoms with van der Waals surface area (Å²) in [7, 11) is 0. The maximum atomic E-state index is 13.2. The second-order valence-electron chi connectivity index (χ2n) is 7.65. The van der Waals surface area contributed by atoms with Gasteiger partial charge in [-0.1, -0.05) is 49.2 Å². The molecule has 152 valence electrons. The second kappa shape index (κ2) is 8.95. The van der Waals surface area contributed by atoms with Gasteiger partial charge in [0.15, 0.2) is 0 Å². The van der Waals surface area contributed by atoms with Gasteiger partial charge in [0.25, 0.3) is 11.7 Å². The summed E-state index contributed by atoms with van der Waals surface area (Å²) < 4.78 is 1.77. The minimum atomic E-state index is 0.152. The molecule has 1 aromatic carbocycles. The first-order valence-electron chi connectivity index (χ1n) is 10.3. The van der Waals surface area contributed by atoms with Crippen molar-refractivity contribution in [2.75, 3.05) is 13.1 Å². The maximum absolute atomic E-state index is 13.2. The number of thioether (sulfide) groups is 1. The van der Waals surface area contributed by atoms with Crippen LogP contribution in [0.4, 0.5) is 0 Å². The van der Waals surface area contributed by atoms with Gasteiger partial charge in [0.2, 0.25) is 5.16 Å². The number of hydrogen-bond donors (Lipinski definition) is 0. The normalized spacial score (nSPS) is 15.3. The molecule has 7 heteroatoms. The summed E-state index contributed by atoms with van der Waals surface area (Å²) in [5.41, 5.74) is 3.78. The third kappa shape index (κ3) is 4.61. The molecule has 1 amide bonds. The van der Waals surface area contributed by atoms with Crippen molar-refractivity contribution in [1.82, 2.24) is 24.5 Å². The Balaban J connectivity index is 1.51. The van der Waals surface area contributed by atoms with Crippen LogP contribution in [-0.4, -0.2) is 43.5 Å². The van der Waals surface area contributed by atoms with Crippen LogP contribution in [0.3, 0.4) is 0 Å². The van der Waals surface area contributed by atoms with Crippen LogP contribution in [0.1, 0.15) is 59.4 Å². The van der Waals surface area contributed by atoms with E-state index in [2.05, 4.69) is 15.1 Å². The molecule has 4 rings (SSSR count). The average Bonchev–Trinajstić information content (AvgIpc) is 3.09. The Bertz CT molecular complexity index is 1010. The minimum absolute atomic E-state index is 0.152. The molecule has 0 radical (unpaired) electrons. The highest BCUT2D eigenvalue weighted by molar-refractivity contribution is 7.98. The zero-order valence-corrected chi connectivity index (χ0v) is 17.9. The highest BCUT2D eigenvalue weighted by Gasteiger charge is 2.19. The number of carbonyl (C=O) groups is 1. The molecule has 3 heterocycles. The van der Waals surface area contributed by atoms with Crippen molar-refractivity contribution >= 4 is 23.4 Å². The van der Waals surface area contributed by atoms with Crippen LogP contribution >= 0.6 is 11.8 Å². The van der Waals surface area contributed by atoms with Gasteiger partial charge in [-0.05, 0) is 44.4 Å². The number of rotatable bonds is 4. The summed E-state index contributed by atoms with van der Waals surface area (Å²) >= 11 is 1.55. The Labute approximate surface area is 175 Å². The number of benzene rings is 1. The number of likely N-dealkylation sites (tertiary alicyclic amines) is 1. The van der Waals surface area contributed by atoms with Crippen molar-refractivity contribution in [3.05, 3.63) is 52.8 Å². The van der Waals surface area contributed by atoms with E-state index in [1.807, 2.05) is 49.1 Å². The molecule has 0 aliphatic carbocycles. The van der Waals surface area contributed by atoms with Crippen LogP contribution in [0.25, 0.3) is 5.78 Å². The van der Waals surface area contributed by atoms with Crippen LogP contribution in [0.2, 0.25) is 0 Å². The van der Waals surface area contributed by atoms with Gasteiger partial charge in [-0.25, -0.2) is 9.50 Å². The van der Waals surface area contributed by atoms with E-state index in [4.69, 9.17) is 0 Å². The van der Waals surface area contributed by atoms with E-state index in [1.54, 1.807) is 16.3 Å². The predicted molar refractivity (Wildman–Crippen MR) is 115 cm³/mol. The molecule has 0 atom stereocenters. The Morgan fingerprint density at radius 1 is 1.03 bits per heavy atom. The van der Waals surface area contributed by atoms with Crippen LogP contribution in [0.15, 0.2) is 35.5 Å². The molecule has 0 spiro atoms. The molecule has 1 aliphatic rings. The summed E-state index contributed by atoms with van der Waals surface area (Å²) in [4.78, 5) is 24.2. The summed E-state index contributed by atoms with van der Waals surface area (Å²) in [6.07, 6.45) is 5.91. The lowest BCUT2D eigenvalue weighted by Gasteiger charge is -2.25. The fraction of sp³-hybridized carbons (Fsp3) is 0.455. The molecule has 0 bridgehead atoms. The van der Waals surface area contributed by atoms with Gasteiger partial charge in [-0.3, -0.25) is 4.79 Å². The van der Waals surface area contributed by atoms with Gasteiger partial charge in [0.05, 0.1) is 0 Å². The van der Waals surface area contributed by atoms with Crippen molar-refractivity contribution in [2.24, 2.45) is 0 Å². The van der Waals surface area contributed by atoms with Gasteiger partial charge >= 0.3 is 0 Å². The third-order valence-electron chi connectivity index (χ3n) is 5.35. The van der Waals surface area contributed by atoms with E-state index in [0.29, 0.717) is 16.7 Å². The lowest BCUT2D eigenvalue weighted by molar-refractivity contribution is 0.0741. The maximum Gasteiger partial charge on any atom is 0.254 e. The van der Waals surface area contributed by atoms with Crippen molar-refractivity contribution in [1.29, 1.82) is 0 Å². The summed E-state index contributed by atoms with van der Waals surface area (Å²) in [6.45, 7) is 5.68. The highest BCUT2D eigenvalue weighted by atomic mass is 32.2. The van der Waals surface area contributed by atoms with Crippen molar-refractivity contribution in [3.8, 4) is 0 Å². The van der Waals surface area contributed by atoms with E-state index >= 15 is 0 Å². The quantitative estimate of drug-likeness (QED) is 0.596. The molecular weight excluding hydrogens is 382 g/mol. The molecule has 1 aliphatic heterocycles. The van der Waals surface area contributed by atoms with E-state index < -0.39 is 0 Å². The number of nitrogens with zero attached hydrogens (tertiary/aromatic N) is 5. The van der Waals surface area contributed by atoms with Crippen LogP contribution < -0.4 is 0 Å². The molecule has 0 N–H and O–H groups in total. The van der Waals surface area contributed by atoms with Crippen molar-refractivity contribution in [3.63, 3.8) is 0 Å². The first-order chi connectivity index (χ1) is 14.1. The summed E-state index contributed by atoms with van der Waals surface area (Å²) in [5.74, 6) is 1.43. The predicted octanol–water partition coefficient (Wildman–Crippen LogP) is 4.44. The minimum Gasteiger partial charge on any atom is -0.339 e. The zero-order valence-electron chi connectivity index (χ0n) is 17.1. The van der Waals surface area contributed by atoms with Crippen molar-refractivity contribution < 1.29 is 4.79 Å². The van der Waals surface area contributed by atoms with E-state index in [-0.39, 0.29) is 5.91 Å². The number of hydrogen-bond acceptors (Lipinski definition) is 5. The first kappa shape index (κ1) is 19.9. The van der Waals surface area contributed by atoms with Crippen LogP contribution in [0.5, 0.6) is 0 Å². The largest absolute Gasteiger partial charge is 0.339 e. The van der Waals surface area contributed by atoms with Gasteiger partial charge in [-0.15, -0.1) is 5.10 Å². The number of amides is 1. The molecule has 0 saturated carbocycles. The van der Waals surface area contributed by atoms with E-state index in [0.717, 1.165) is 48.4 Å². The van der Waals surface area contributed by atoms with Crippen LogP contribution in [-0.2, 0) is 5.75 Å². The molecule has 1 saturated heterocycles. The number of aromatic nitrogens is 4. The molecule has 3 aromatic rings. The van der Waals surface area contributed by atoms with Gasteiger partial charge in [0.1, 0.15) is 0 Å². The number of fused-ring (bicyclic) bond motifs is 1. The van der Waals surface area contributed by atoms with E-state index in [1.165, 1.54) is 19.3 Å². The molecule has 2 aromatic heterocycles. The fourth-order valence-electron chi connectivity index (χ4n) is 3.83. The van der Waals surface area contributed by atoms with E-state index in [9.17, 15) is 4.79 Å². The molecular formula is C22H27N5OS. The molecule has 6 nitrogen and oxygen atoms in total. The second-order valence-corrected chi connectivity index (χ2v) is 8.59. The Morgan fingerprint density at radius 2 is 1.76 bits per heavy atom.